The molecule has 0 saturated carbocycles. The van der Waals surface area contributed by atoms with Crippen LogP contribution in [-0.2, 0) is 16.6 Å². The van der Waals surface area contributed by atoms with Crippen LogP contribution < -0.4 is 5.73 Å². The van der Waals surface area contributed by atoms with E-state index in [1.165, 1.54) is 4.31 Å². The summed E-state index contributed by atoms with van der Waals surface area (Å²) in [4.78, 5) is 0.250. The molecule has 0 radical (unpaired) electrons. The maximum Gasteiger partial charge on any atom is 0.243 e. The molecular formula is C15H17BrN2O2S. The van der Waals surface area contributed by atoms with E-state index in [0.717, 1.165) is 10.0 Å². The van der Waals surface area contributed by atoms with Crippen molar-refractivity contribution in [1.29, 1.82) is 0 Å². The monoisotopic (exact) mass is 368 g/mol. The number of benzene rings is 2. The number of nitrogen functional groups attached to an aromatic ring is 1. The van der Waals surface area contributed by atoms with Crippen molar-refractivity contribution < 1.29 is 8.42 Å². The predicted octanol–water partition coefficient (Wildman–Crippen LogP) is 3.16. The first-order valence-electron chi connectivity index (χ1n) is 6.38. The second-order valence-electron chi connectivity index (χ2n) is 4.86. The third-order valence-corrected chi connectivity index (χ3v) is 5.75. The minimum absolute atomic E-state index is 0.250. The van der Waals surface area contributed by atoms with Gasteiger partial charge in [-0.2, -0.15) is 4.31 Å². The normalized spacial score (nSPS) is 11.8. The van der Waals surface area contributed by atoms with Gasteiger partial charge < -0.3 is 5.73 Å². The molecule has 2 aromatic rings. The second-order valence-corrected chi connectivity index (χ2v) is 7.79. The number of rotatable bonds is 4. The number of hydrogen-bond donors (Lipinski definition) is 1. The summed E-state index contributed by atoms with van der Waals surface area (Å²) >= 11 is 3.38. The predicted molar refractivity (Wildman–Crippen MR) is 88.4 cm³/mol. The van der Waals surface area contributed by atoms with Crippen molar-refractivity contribution in [3.8, 4) is 0 Å². The fourth-order valence-corrected chi connectivity index (χ4v) is 3.91. The van der Waals surface area contributed by atoms with Crippen molar-refractivity contribution in [3.05, 3.63) is 58.1 Å². The molecule has 6 heteroatoms. The van der Waals surface area contributed by atoms with Gasteiger partial charge in [0.25, 0.3) is 0 Å². The minimum Gasteiger partial charge on any atom is -0.398 e. The summed E-state index contributed by atoms with van der Waals surface area (Å²) in [6.07, 6.45) is 0. The molecule has 112 valence electrons. The van der Waals surface area contributed by atoms with E-state index in [1.54, 1.807) is 32.2 Å². The number of nitrogens with zero attached hydrogens (tertiary/aromatic N) is 1. The van der Waals surface area contributed by atoms with E-state index in [9.17, 15) is 8.42 Å². The van der Waals surface area contributed by atoms with Gasteiger partial charge >= 0.3 is 0 Å². The maximum atomic E-state index is 12.7. The fraction of sp³-hybridized carbons (Fsp3) is 0.200. The molecule has 0 aromatic heterocycles. The summed E-state index contributed by atoms with van der Waals surface area (Å²) in [5.74, 6) is 0. The molecule has 0 aliphatic carbocycles. The largest absolute Gasteiger partial charge is 0.398 e. The van der Waals surface area contributed by atoms with E-state index < -0.39 is 10.0 Å². The fourth-order valence-electron chi connectivity index (χ4n) is 2.06. The topological polar surface area (TPSA) is 63.4 Å². The van der Waals surface area contributed by atoms with Crippen LogP contribution in [0.1, 0.15) is 11.1 Å². The van der Waals surface area contributed by atoms with Crippen molar-refractivity contribution in [2.75, 3.05) is 12.8 Å². The van der Waals surface area contributed by atoms with Crippen LogP contribution in [-0.4, -0.2) is 19.8 Å². The van der Waals surface area contributed by atoms with Crippen molar-refractivity contribution in [3.63, 3.8) is 0 Å². The third kappa shape index (κ3) is 3.45. The quantitative estimate of drug-likeness (QED) is 0.842. The van der Waals surface area contributed by atoms with Gasteiger partial charge in [-0.1, -0.05) is 34.1 Å². The minimum atomic E-state index is -3.57. The van der Waals surface area contributed by atoms with Crippen molar-refractivity contribution in [2.45, 2.75) is 18.4 Å². The van der Waals surface area contributed by atoms with E-state index in [-0.39, 0.29) is 4.90 Å². The number of hydrogen-bond acceptors (Lipinski definition) is 3. The number of nitrogens with two attached hydrogens (primary N) is 1. The van der Waals surface area contributed by atoms with Crippen LogP contribution in [0.4, 0.5) is 5.69 Å². The van der Waals surface area contributed by atoms with Gasteiger partial charge in [0.15, 0.2) is 0 Å². The van der Waals surface area contributed by atoms with Crippen LogP contribution in [0.5, 0.6) is 0 Å². The standard InChI is InChI=1S/C15H17BrN2O2S/c1-11-14(17)7-4-8-15(11)21(19,20)18(2)10-12-5-3-6-13(16)9-12/h3-9H,10,17H2,1-2H3. The number of anilines is 1. The molecule has 0 spiro atoms. The van der Waals surface area contributed by atoms with E-state index in [2.05, 4.69) is 15.9 Å². The first-order valence-corrected chi connectivity index (χ1v) is 8.61. The van der Waals surface area contributed by atoms with Crippen LogP contribution in [0.25, 0.3) is 0 Å². The molecule has 0 bridgehead atoms. The summed E-state index contributed by atoms with van der Waals surface area (Å²) < 4.78 is 27.6. The Labute approximate surface area is 133 Å². The van der Waals surface area contributed by atoms with Crippen LogP contribution in [0.3, 0.4) is 0 Å². The van der Waals surface area contributed by atoms with Gasteiger partial charge in [-0.05, 0) is 42.3 Å². The van der Waals surface area contributed by atoms with Gasteiger partial charge in [-0.3, -0.25) is 0 Å². The highest BCUT2D eigenvalue weighted by molar-refractivity contribution is 9.10. The Morgan fingerprint density at radius 3 is 2.52 bits per heavy atom. The highest BCUT2D eigenvalue weighted by Gasteiger charge is 2.23. The molecule has 0 aliphatic rings. The number of halogens is 1. The zero-order valence-electron chi connectivity index (χ0n) is 11.9. The van der Waals surface area contributed by atoms with Gasteiger partial charge in [0, 0.05) is 23.8 Å². The van der Waals surface area contributed by atoms with Gasteiger partial charge in [0.1, 0.15) is 0 Å². The van der Waals surface area contributed by atoms with Gasteiger partial charge in [-0.15, -0.1) is 0 Å². The SMILES string of the molecule is Cc1c(N)cccc1S(=O)(=O)N(C)Cc1cccc(Br)c1. The Hall–Kier alpha value is -1.37. The summed E-state index contributed by atoms with van der Waals surface area (Å²) in [5, 5.41) is 0. The molecule has 0 saturated heterocycles. The smallest absolute Gasteiger partial charge is 0.243 e. The third-order valence-electron chi connectivity index (χ3n) is 3.31. The second kappa shape index (κ2) is 6.17. The first kappa shape index (κ1) is 16.0. The molecule has 0 fully saturated rings. The van der Waals surface area contributed by atoms with Crippen molar-refractivity contribution in [2.24, 2.45) is 0 Å². The van der Waals surface area contributed by atoms with Crippen molar-refractivity contribution >= 4 is 31.6 Å². The Bertz CT molecular complexity index is 760. The summed E-state index contributed by atoms with van der Waals surface area (Å²) in [6.45, 7) is 2.02. The zero-order chi connectivity index (χ0) is 15.6. The average molecular weight is 369 g/mol. The first-order chi connectivity index (χ1) is 9.82. The lowest BCUT2D eigenvalue weighted by Crippen LogP contribution is -2.27. The van der Waals surface area contributed by atoms with Gasteiger partial charge in [-0.25, -0.2) is 8.42 Å². The summed E-state index contributed by atoms with van der Waals surface area (Å²) in [5.41, 5.74) is 7.78. The lowest BCUT2D eigenvalue weighted by molar-refractivity contribution is 0.466. The lowest BCUT2D eigenvalue weighted by Gasteiger charge is -2.19. The maximum absolute atomic E-state index is 12.7. The van der Waals surface area contributed by atoms with Gasteiger partial charge in [0.2, 0.25) is 10.0 Å². The van der Waals surface area contributed by atoms with E-state index in [1.807, 2.05) is 24.3 Å². The highest BCUT2D eigenvalue weighted by Crippen LogP contribution is 2.24. The summed E-state index contributed by atoms with van der Waals surface area (Å²) in [7, 11) is -2.00. The van der Waals surface area contributed by atoms with E-state index in [4.69, 9.17) is 5.73 Å². The molecule has 0 unspecified atom stereocenters. The summed E-state index contributed by atoms with van der Waals surface area (Å²) in [6, 6.07) is 12.5. The molecule has 0 atom stereocenters. The van der Waals surface area contributed by atoms with E-state index >= 15 is 0 Å². The molecule has 0 amide bonds. The number of sulfonamides is 1. The highest BCUT2D eigenvalue weighted by atomic mass is 79.9. The molecule has 2 rings (SSSR count). The van der Waals surface area contributed by atoms with Crippen molar-refractivity contribution in [1.82, 2.24) is 4.31 Å². The average Bonchev–Trinajstić information content (AvgIpc) is 2.41. The Morgan fingerprint density at radius 2 is 1.86 bits per heavy atom. The van der Waals surface area contributed by atoms with Crippen LogP contribution in [0.2, 0.25) is 0 Å². The lowest BCUT2D eigenvalue weighted by atomic mass is 10.2. The molecular weight excluding hydrogens is 352 g/mol. The Morgan fingerprint density at radius 1 is 1.19 bits per heavy atom. The molecule has 2 aromatic carbocycles. The Kier molecular flexibility index (Phi) is 4.70. The van der Waals surface area contributed by atoms with Crippen LogP contribution in [0.15, 0.2) is 51.8 Å². The van der Waals surface area contributed by atoms with E-state index in [0.29, 0.717) is 17.8 Å². The molecule has 4 nitrogen and oxygen atoms in total. The zero-order valence-corrected chi connectivity index (χ0v) is 14.3. The molecule has 21 heavy (non-hydrogen) atoms. The molecule has 0 aliphatic heterocycles. The van der Waals surface area contributed by atoms with Gasteiger partial charge in [0.05, 0.1) is 4.90 Å². The molecule has 2 N–H and O–H groups in total. The van der Waals surface area contributed by atoms with Crippen LogP contribution >= 0.6 is 15.9 Å². The Balaban J connectivity index is 2.33. The van der Waals surface area contributed by atoms with Crippen LogP contribution in [0, 0.1) is 6.92 Å². The molecule has 0 heterocycles.